The molecule has 3 aromatic rings. The van der Waals surface area contributed by atoms with E-state index in [4.69, 9.17) is 5.73 Å². The predicted octanol–water partition coefficient (Wildman–Crippen LogP) is 3.77. The van der Waals surface area contributed by atoms with Crippen molar-refractivity contribution in [2.75, 3.05) is 13.2 Å². The lowest BCUT2D eigenvalue weighted by Crippen LogP contribution is -2.35. The van der Waals surface area contributed by atoms with Crippen LogP contribution in [0.4, 0.5) is 4.39 Å². The monoisotopic (exact) mass is 456 g/mol. The van der Waals surface area contributed by atoms with E-state index >= 15 is 4.39 Å². The van der Waals surface area contributed by atoms with Gasteiger partial charge in [0.05, 0.1) is 0 Å². The van der Waals surface area contributed by atoms with Crippen LogP contribution in [0.25, 0.3) is 22.3 Å². The number of carbonyl (C=O) groups excluding carboxylic acids is 2. The van der Waals surface area contributed by atoms with E-state index in [0.717, 1.165) is 38.9 Å². The number of nitrogens with two attached hydrogens (primary N) is 1. The van der Waals surface area contributed by atoms with Crippen molar-refractivity contribution in [3.63, 3.8) is 0 Å². The number of aliphatic hydroxyl groups excluding tert-OH is 1. The Balaban J connectivity index is 1.71. The zero-order valence-electron chi connectivity index (χ0n) is 18.7. The molecule has 0 saturated heterocycles. The summed E-state index contributed by atoms with van der Waals surface area (Å²) in [4.78, 5) is 26.1. The summed E-state index contributed by atoms with van der Waals surface area (Å²) in [5.74, 6) is -1.27. The molecule has 2 aliphatic rings. The van der Waals surface area contributed by atoms with Gasteiger partial charge in [0.25, 0.3) is 0 Å². The van der Waals surface area contributed by atoms with E-state index in [-0.39, 0.29) is 18.1 Å². The summed E-state index contributed by atoms with van der Waals surface area (Å²) in [5, 5.41) is 9.33. The molecule has 0 saturated carbocycles. The van der Waals surface area contributed by atoms with E-state index in [2.05, 4.69) is 6.58 Å². The maximum absolute atomic E-state index is 15.8. The van der Waals surface area contributed by atoms with E-state index in [9.17, 15) is 14.7 Å². The summed E-state index contributed by atoms with van der Waals surface area (Å²) in [6.45, 7) is 4.59. The second kappa shape index (κ2) is 8.54. The van der Waals surface area contributed by atoms with Gasteiger partial charge in [0.2, 0.25) is 11.8 Å². The molecule has 5 rings (SSSR count). The van der Waals surface area contributed by atoms with E-state index in [1.54, 1.807) is 4.90 Å². The van der Waals surface area contributed by atoms with E-state index in [1.807, 2.05) is 36.4 Å². The average Bonchev–Trinajstić information content (AvgIpc) is 3.21. The lowest BCUT2D eigenvalue weighted by molar-refractivity contribution is -0.126. The van der Waals surface area contributed by atoms with Crippen molar-refractivity contribution < 1.29 is 19.1 Å². The van der Waals surface area contributed by atoms with Crippen molar-refractivity contribution in [3.05, 3.63) is 94.3 Å². The Bertz CT molecular complexity index is 1360. The highest BCUT2D eigenvalue weighted by Gasteiger charge is 2.31. The fourth-order valence-corrected chi connectivity index (χ4v) is 5.33. The number of nitrogens with zero attached hydrogens (tertiary/aromatic N) is 1. The van der Waals surface area contributed by atoms with Crippen molar-refractivity contribution in [1.82, 2.24) is 4.90 Å². The van der Waals surface area contributed by atoms with Gasteiger partial charge in [-0.2, -0.15) is 0 Å². The molecule has 1 aliphatic heterocycles. The summed E-state index contributed by atoms with van der Waals surface area (Å²) in [6.07, 6.45) is 2.91. The van der Waals surface area contributed by atoms with E-state index in [1.165, 1.54) is 12.1 Å². The molecule has 0 spiro atoms. The highest BCUT2D eigenvalue weighted by atomic mass is 19.1. The lowest BCUT2D eigenvalue weighted by atomic mass is 9.85. The molecule has 0 fully saturated rings. The quantitative estimate of drug-likeness (QED) is 0.449. The van der Waals surface area contributed by atoms with Gasteiger partial charge >= 0.3 is 0 Å². The van der Waals surface area contributed by atoms with Gasteiger partial charge in [-0.3, -0.25) is 9.59 Å². The second-order valence-corrected chi connectivity index (χ2v) is 8.80. The summed E-state index contributed by atoms with van der Waals surface area (Å²) in [7, 11) is 0. The van der Waals surface area contributed by atoms with Gasteiger partial charge in [-0.25, -0.2) is 4.39 Å². The number of amides is 2. The van der Waals surface area contributed by atoms with Crippen molar-refractivity contribution in [2.45, 2.75) is 25.8 Å². The van der Waals surface area contributed by atoms with Crippen molar-refractivity contribution in [2.24, 2.45) is 5.73 Å². The van der Waals surface area contributed by atoms with Gasteiger partial charge in [-0.1, -0.05) is 43.0 Å². The smallest absolute Gasteiger partial charge is 0.249 e. The van der Waals surface area contributed by atoms with Crippen LogP contribution in [0.2, 0.25) is 0 Å². The number of fused-ring (bicyclic) bond motifs is 4. The zero-order valence-corrected chi connectivity index (χ0v) is 18.7. The molecule has 0 atom stereocenters. The van der Waals surface area contributed by atoms with Crippen molar-refractivity contribution in [1.29, 1.82) is 0 Å². The van der Waals surface area contributed by atoms with Crippen molar-refractivity contribution >= 4 is 11.8 Å². The molecule has 1 aliphatic carbocycles. The predicted molar refractivity (Wildman–Crippen MR) is 129 cm³/mol. The molecule has 172 valence electrons. The minimum Gasteiger partial charge on any atom is -0.396 e. The third-order valence-electron chi connectivity index (χ3n) is 6.88. The van der Waals surface area contributed by atoms with Gasteiger partial charge in [0.1, 0.15) is 5.82 Å². The Morgan fingerprint density at radius 3 is 2.65 bits per heavy atom. The Hall–Kier alpha value is -3.77. The zero-order chi connectivity index (χ0) is 24.0. The Kier molecular flexibility index (Phi) is 5.54. The SMILES string of the molecule is C=CC(=O)N1CCc2c(cccc2-c2c(F)cc(C(N)=O)c3c2-c2ccc(CCO)cc2C3)C1. The van der Waals surface area contributed by atoms with E-state index < -0.39 is 11.7 Å². The van der Waals surface area contributed by atoms with Crippen LogP contribution < -0.4 is 5.73 Å². The number of primary amides is 1. The summed E-state index contributed by atoms with van der Waals surface area (Å²) < 4.78 is 15.8. The molecule has 1 heterocycles. The maximum Gasteiger partial charge on any atom is 0.249 e. The van der Waals surface area contributed by atoms with Crippen LogP contribution in [0.5, 0.6) is 0 Å². The number of hydrogen-bond acceptors (Lipinski definition) is 3. The highest BCUT2D eigenvalue weighted by molar-refractivity contribution is 6.02. The van der Waals surface area contributed by atoms with Gasteiger partial charge in [-0.15, -0.1) is 0 Å². The largest absolute Gasteiger partial charge is 0.396 e. The van der Waals surface area contributed by atoms with Crippen LogP contribution in [-0.4, -0.2) is 35.0 Å². The molecule has 2 amide bonds. The minimum absolute atomic E-state index is 0.0413. The normalized spacial score (nSPS) is 13.8. The molecular weight excluding hydrogens is 431 g/mol. The first-order valence-corrected chi connectivity index (χ1v) is 11.3. The fourth-order valence-electron chi connectivity index (χ4n) is 5.33. The third kappa shape index (κ3) is 3.51. The van der Waals surface area contributed by atoms with Crippen LogP contribution >= 0.6 is 0 Å². The molecule has 5 nitrogen and oxygen atoms in total. The molecule has 34 heavy (non-hydrogen) atoms. The molecule has 3 N–H and O–H groups in total. The Morgan fingerprint density at radius 1 is 1.09 bits per heavy atom. The maximum atomic E-state index is 15.8. The molecule has 0 unspecified atom stereocenters. The second-order valence-electron chi connectivity index (χ2n) is 8.80. The van der Waals surface area contributed by atoms with Crippen molar-refractivity contribution in [3.8, 4) is 22.3 Å². The van der Waals surface area contributed by atoms with E-state index in [0.29, 0.717) is 43.5 Å². The average molecular weight is 457 g/mol. The number of benzene rings is 3. The first-order valence-electron chi connectivity index (χ1n) is 11.3. The molecule has 6 heteroatoms. The summed E-state index contributed by atoms with van der Waals surface area (Å²) in [5.41, 5.74) is 13.4. The van der Waals surface area contributed by atoms with Gasteiger partial charge in [-0.05, 0) is 75.9 Å². The third-order valence-corrected chi connectivity index (χ3v) is 6.88. The highest BCUT2D eigenvalue weighted by Crippen LogP contribution is 2.47. The number of halogens is 1. The van der Waals surface area contributed by atoms with Crippen LogP contribution in [0, 0.1) is 5.82 Å². The number of aliphatic hydroxyl groups is 1. The van der Waals surface area contributed by atoms with Crippen LogP contribution in [0.3, 0.4) is 0 Å². The molecule has 3 aromatic carbocycles. The molecular formula is C28H25FN2O3. The number of hydrogen-bond donors (Lipinski definition) is 2. The molecule has 0 bridgehead atoms. The number of carbonyl (C=O) groups is 2. The van der Waals surface area contributed by atoms with Crippen LogP contribution in [0.1, 0.15) is 38.2 Å². The van der Waals surface area contributed by atoms with Gasteiger partial charge in [0, 0.05) is 30.8 Å². The van der Waals surface area contributed by atoms with Crippen LogP contribution in [0.15, 0.2) is 55.1 Å². The van der Waals surface area contributed by atoms with Gasteiger partial charge < -0.3 is 15.7 Å². The lowest BCUT2D eigenvalue weighted by Gasteiger charge is -2.30. The molecule has 0 aromatic heterocycles. The van der Waals surface area contributed by atoms with Gasteiger partial charge in [0.15, 0.2) is 0 Å². The summed E-state index contributed by atoms with van der Waals surface area (Å²) >= 11 is 0. The standard InChI is InChI=1S/C28H25FN2O3/c1-2-25(33)31-10-8-19-17(15-31)4-3-5-21(19)27-24(29)14-23(28(30)34)22-13-18-12-16(9-11-32)6-7-20(18)26(22)27/h2-7,12,14,32H,1,8-11,13,15H2,(H2,30,34). The van der Waals surface area contributed by atoms with Crippen LogP contribution in [-0.2, 0) is 30.6 Å². The molecule has 0 radical (unpaired) electrons. The first kappa shape index (κ1) is 22.0. The Labute approximate surface area is 197 Å². The first-order chi connectivity index (χ1) is 16.4. The fraction of sp³-hybridized carbons (Fsp3) is 0.214. The minimum atomic E-state index is -0.654. The summed E-state index contributed by atoms with van der Waals surface area (Å²) in [6, 6.07) is 12.9. The topological polar surface area (TPSA) is 83.6 Å². The number of rotatable bonds is 5. The Morgan fingerprint density at radius 2 is 1.91 bits per heavy atom.